The Morgan fingerprint density at radius 3 is 2.25 bits per heavy atom. The summed E-state index contributed by atoms with van der Waals surface area (Å²) in [4.78, 5) is 4.31. The second kappa shape index (κ2) is 5.03. The first-order valence-corrected chi connectivity index (χ1v) is 7.53. The number of nitrogens with two attached hydrogens (primary N) is 1. The van der Waals surface area contributed by atoms with Crippen LogP contribution in [-0.2, 0) is 5.54 Å². The number of hydrogen-bond acceptors (Lipinski definition) is 3. The van der Waals surface area contributed by atoms with Crippen LogP contribution < -0.4 is 10.5 Å². The molecule has 1 heterocycles. The largest absolute Gasteiger partial charge is 0.492 e. The summed E-state index contributed by atoms with van der Waals surface area (Å²) in [5.41, 5.74) is 8.08. The first kappa shape index (κ1) is 15.3. The van der Waals surface area contributed by atoms with Crippen molar-refractivity contribution < 1.29 is 4.74 Å². The molecular weight excluding hydrogens is 248 g/mol. The van der Waals surface area contributed by atoms with E-state index >= 15 is 0 Å². The van der Waals surface area contributed by atoms with Crippen molar-refractivity contribution in [1.29, 1.82) is 0 Å². The van der Waals surface area contributed by atoms with Crippen LogP contribution in [0.1, 0.15) is 59.4 Å². The summed E-state index contributed by atoms with van der Waals surface area (Å²) in [6.45, 7) is 11.9. The molecule has 1 saturated carbocycles. The van der Waals surface area contributed by atoms with E-state index in [0.717, 1.165) is 24.2 Å². The fraction of sp³-hybridized carbons (Fsp3) is 0.706. The second-order valence-electron chi connectivity index (χ2n) is 7.86. The van der Waals surface area contributed by atoms with E-state index in [0.29, 0.717) is 6.61 Å². The molecule has 1 fully saturated rings. The predicted octanol–water partition coefficient (Wildman–Crippen LogP) is 3.87. The van der Waals surface area contributed by atoms with Gasteiger partial charge in [-0.1, -0.05) is 27.7 Å². The van der Waals surface area contributed by atoms with Gasteiger partial charge in [0, 0.05) is 11.7 Å². The Balaban J connectivity index is 2.36. The summed E-state index contributed by atoms with van der Waals surface area (Å²) in [5, 5.41) is 0. The maximum absolute atomic E-state index is 6.80. The summed E-state index contributed by atoms with van der Waals surface area (Å²) < 4.78 is 5.57. The van der Waals surface area contributed by atoms with Crippen molar-refractivity contribution in [2.45, 2.75) is 59.4 Å². The maximum Gasteiger partial charge on any atom is 0.137 e. The topological polar surface area (TPSA) is 48.1 Å². The minimum atomic E-state index is -0.314. The highest BCUT2D eigenvalue weighted by molar-refractivity contribution is 5.30. The van der Waals surface area contributed by atoms with Gasteiger partial charge in [-0.2, -0.15) is 0 Å². The van der Waals surface area contributed by atoms with Crippen LogP contribution >= 0.6 is 0 Å². The Morgan fingerprint density at radius 1 is 1.10 bits per heavy atom. The van der Waals surface area contributed by atoms with E-state index in [4.69, 9.17) is 10.5 Å². The first-order chi connectivity index (χ1) is 9.16. The Hall–Kier alpha value is -1.09. The highest BCUT2D eigenvalue weighted by atomic mass is 16.5. The summed E-state index contributed by atoms with van der Waals surface area (Å²) in [7, 11) is 0. The monoisotopic (exact) mass is 276 g/mol. The van der Waals surface area contributed by atoms with Gasteiger partial charge in [-0.15, -0.1) is 0 Å². The van der Waals surface area contributed by atoms with Gasteiger partial charge in [-0.05, 0) is 48.6 Å². The molecule has 2 N–H and O–H groups in total. The molecule has 1 aromatic heterocycles. The van der Waals surface area contributed by atoms with Crippen molar-refractivity contribution >= 4 is 0 Å². The van der Waals surface area contributed by atoms with Crippen LogP contribution in [0.4, 0.5) is 0 Å². The summed E-state index contributed by atoms with van der Waals surface area (Å²) in [6, 6.07) is 2.06. The van der Waals surface area contributed by atoms with Crippen LogP contribution in [0.15, 0.2) is 18.5 Å². The van der Waals surface area contributed by atoms with E-state index in [2.05, 4.69) is 38.7 Å². The lowest BCUT2D eigenvalue weighted by molar-refractivity contribution is 0.0468. The van der Waals surface area contributed by atoms with Crippen LogP contribution in [-0.4, -0.2) is 11.6 Å². The molecule has 0 radical (unpaired) electrons. The van der Waals surface area contributed by atoms with Crippen molar-refractivity contribution in [3.63, 3.8) is 0 Å². The van der Waals surface area contributed by atoms with Gasteiger partial charge in [0.15, 0.2) is 0 Å². The molecule has 1 aliphatic carbocycles. The van der Waals surface area contributed by atoms with Gasteiger partial charge in [0.2, 0.25) is 0 Å². The Morgan fingerprint density at radius 2 is 1.70 bits per heavy atom. The van der Waals surface area contributed by atoms with Crippen molar-refractivity contribution in [3.8, 4) is 5.75 Å². The van der Waals surface area contributed by atoms with Crippen LogP contribution in [0.5, 0.6) is 5.75 Å². The first-order valence-electron chi connectivity index (χ1n) is 7.53. The molecule has 0 amide bonds. The zero-order valence-electron chi connectivity index (χ0n) is 13.5. The zero-order valence-corrected chi connectivity index (χ0v) is 13.5. The normalized spacial score (nSPS) is 23.3. The molecule has 0 aromatic carbocycles. The van der Waals surface area contributed by atoms with Gasteiger partial charge >= 0.3 is 0 Å². The van der Waals surface area contributed by atoms with Crippen molar-refractivity contribution in [2.75, 3.05) is 6.61 Å². The van der Waals surface area contributed by atoms with Gasteiger partial charge in [0.25, 0.3) is 0 Å². The Bertz CT molecular complexity index is 464. The average molecular weight is 276 g/mol. The maximum atomic E-state index is 6.80. The lowest BCUT2D eigenvalue weighted by atomic mass is 9.57. The number of aromatic nitrogens is 1. The molecule has 0 bridgehead atoms. The predicted molar refractivity (Wildman–Crippen MR) is 82.7 cm³/mol. The van der Waals surface area contributed by atoms with Crippen molar-refractivity contribution in [1.82, 2.24) is 4.98 Å². The number of hydrogen-bond donors (Lipinski definition) is 1. The van der Waals surface area contributed by atoms with Gasteiger partial charge in [0.1, 0.15) is 5.75 Å². The molecule has 0 aliphatic heterocycles. The molecule has 2 rings (SSSR count). The van der Waals surface area contributed by atoms with E-state index in [1.165, 1.54) is 6.42 Å². The van der Waals surface area contributed by atoms with E-state index < -0.39 is 0 Å². The van der Waals surface area contributed by atoms with Gasteiger partial charge in [-0.25, -0.2) is 0 Å². The molecule has 112 valence electrons. The second-order valence-corrected chi connectivity index (χ2v) is 7.86. The van der Waals surface area contributed by atoms with E-state index in [1.807, 2.05) is 13.1 Å². The van der Waals surface area contributed by atoms with Gasteiger partial charge in [0.05, 0.1) is 12.8 Å². The summed E-state index contributed by atoms with van der Waals surface area (Å²) in [5.74, 6) is 0.816. The average Bonchev–Trinajstić information content (AvgIpc) is 2.25. The van der Waals surface area contributed by atoms with Crippen LogP contribution in [0.3, 0.4) is 0 Å². The third-order valence-corrected chi connectivity index (χ3v) is 4.14. The van der Waals surface area contributed by atoms with Gasteiger partial charge < -0.3 is 10.5 Å². The number of ether oxygens (including phenoxy) is 1. The molecule has 1 aromatic rings. The quantitative estimate of drug-likeness (QED) is 0.911. The molecule has 20 heavy (non-hydrogen) atoms. The van der Waals surface area contributed by atoms with Crippen LogP contribution in [0.25, 0.3) is 0 Å². The highest BCUT2D eigenvalue weighted by Crippen LogP contribution is 2.52. The smallest absolute Gasteiger partial charge is 0.137 e. The number of nitrogens with zero attached hydrogens (tertiary/aromatic N) is 1. The SMILES string of the molecule is CCOc1cncc(C2(N)CC(C)(C)CC(C)(C)C2)c1. The molecular formula is C17H28N2O. The zero-order chi connectivity index (χ0) is 15.0. The molecule has 3 nitrogen and oxygen atoms in total. The molecule has 1 aliphatic rings. The van der Waals surface area contributed by atoms with Crippen LogP contribution in [0, 0.1) is 10.8 Å². The summed E-state index contributed by atoms with van der Waals surface area (Å²) >= 11 is 0. The number of rotatable bonds is 3. The molecule has 3 heteroatoms. The third-order valence-electron chi connectivity index (χ3n) is 4.14. The van der Waals surface area contributed by atoms with Crippen LogP contribution in [0.2, 0.25) is 0 Å². The van der Waals surface area contributed by atoms with Crippen molar-refractivity contribution in [3.05, 3.63) is 24.0 Å². The van der Waals surface area contributed by atoms with E-state index in [1.54, 1.807) is 6.20 Å². The molecule has 0 saturated heterocycles. The minimum absolute atomic E-state index is 0.248. The lowest BCUT2D eigenvalue weighted by Crippen LogP contribution is -2.49. The highest BCUT2D eigenvalue weighted by Gasteiger charge is 2.46. The fourth-order valence-corrected chi connectivity index (χ4v) is 4.33. The fourth-order valence-electron chi connectivity index (χ4n) is 4.33. The third kappa shape index (κ3) is 3.32. The molecule has 0 unspecified atom stereocenters. The standard InChI is InChI=1S/C17H28N2O/c1-6-20-14-7-13(8-19-9-14)17(18)11-15(2,3)10-16(4,5)12-17/h7-9H,6,10-12,18H2,1-5H3. The van der Waals surface area contributed by atoms with E-state index in [9.17, 15) is 0 Å². The Kier molecular flexibility index (Phi) is 3.85. The molecule has 0 spiro atoms. The molecule has 0 atom stereocenters. The lowest BCUT2D eigenvalue weighted by Gasteiger charge is -2.50. The number of pyridine rings is 1. The van der Waals surface area contributed by atoms with Crippen molar-refractivity contribution in [2.24, 2.45) is 16.6 Å². The minimum Gasteiger partial charge on any atom is -0.492 e. The van der Waals surface area contributed by atoms with Gasteiger partial charge in [-0.3, -0.25) is 4.98 Å². The Labute approximate surface area is 122 Å². The summed E-state index contributed by atoms with van der Waals surface area (Å²) in [6.07, 6.45) is 6.84. The van der Waals surface area contributed by atoms with E-state index in [-0.39, 0.29) is 16.4 Å².